The summed E-state index contributed by atoms with van der Waals surface area (Å²) in [6.45, 7) is 2.07. The van der Waals surface area contributed by atoms with E-state index in [0.717, 1.165) is 4.90 Å². The van der Waals surface area contributed by atoms with Crippen LogP contribution >= 0.6 is 0 Å². The minimum atomic E-state index is -1.22. The summed E-state index contributed by atoms with van der Waals surface area (Å²) in [5.41, 5.74) is 0.512. The third kappa shape index (κ3) is 1.96. The largest absolute Gasteiger partial charge is 0.530 e. The monoisotopic (exact) mass is 194 g/mol. The summed E-state index contributed by atoms with van der Waals surface area (Å²) in [5.74, 6) is 0.526. The van der Waals surface area contributed by atoms with E-state index in [2.05, 4.69) is 0 Å². The molecule has 1 aromatic carbocycles. The highest BCUT2D eigenvalue weighted by atomic mass is 16.5. The van der Waals surface area contributed by atoms with Gasteiger partial charge >= 0.3 is 0 Å². The summed E-state index contributed by atoms with van der Waals surface area (Å²) in [6, 6.07) is 6.92. The minimum Gasteiger partial charge on any atom is -0.530 e. The Labute approximate surface area is 82.7 Å². The topological polar surface area (TPSA) is 52.6 Å². The molecule has 0 saturated carbocycles. The van der Waals surface area contributed by atoms with E-state index >= 15 is 0 Å². The van der Waals surface area contributed by atoms with Gasteiger partial charge in [-0.05, 0) is 19.1 Å². The lowest BCUT2D eigenvalue weighted by molar-refractivity contribution is -0.246. The number of hydrogen-bond acceptors (Lipinski definition) is 3. The predicted molar refractivity (Wildman–Crippen MR) is 51.4 cm³/mol. The summed E-state index contributed by atoms with van der Waals surface area (Å²) in [6.07, 6.45) is -1.22. The molecule has 76 valence electrons. The van der Waals surface area contributed by atoms with Gasteiger partial charge in [0.1, 0.15) is 11.8 Å². The third-order valence-corrected chi connectivity index (χ3v) is 1.91. The first kappa shape index (κ1) is 10.4. The predicted octanol–water partition coefficient (Wildman–Crippen LogP) is 0.865. The van der Waals surface area contributed by atoms with E-state index in [1.807, 2.05) is 0 Å². The first-order chi connectivity index (χ1) is 6.70. The number of carbonyl (C=O) groups excluding carboxylic acids is 1. The molecule has 4 nitrogen and oxygen atoms in total. The number of ether oxygens (including phenoxy) is 1. The van der Waals surface area contributed by atoms with Crippen LogP contribution in [0.5, 0.6) is 5.75 Å². The van der Waals surface area contributed by atoms with Gasteiger partial charge in [-0.1, -0.05) is 12.1 Å². The van der Waals surface area contributed by atoms with Crippen LogP contribution in [0.3, 0.4) is 0 Å². The summed E-state index contributed by atoms with van der Waals surface area (Å²) < 4.78 is 5.05. The Balaban J connectivity index is 3.08. The Kier molecular flexibility index (Phi) is 3.34. The van der Waals surface area contributed by atoms with Gasteiger partial charge in [-0.3, -0.25) is 0 Å². The molecule has 1 aromatic rings. The molecule has 1 rings (SSSR count). The molecule has 0 aliphatic heterocycles. The Hall–Kier alpha value is -1.71. The van der Waals surface area contributed by atoms with Gasteiger partial charge in [-0.15, -0.1) is 0 Å². The normalized spacial score (nSPS) is 9.57. The smallest absolute Gasteiger partial charge is 0.142 e. The first-order valence-corrected chi connectivity index (χ1v) is 4.32. The van der Waals surface area contributed by atoms with E-state index in [0.29, 0.717) is 18.0 Å². The van der Waals surface area contributed by atoms with E-state index in [1.165, 1.54) is 7.11 Å². The van der Waals surface area contributed by atoms with Gasteiger partial charge in [0.15, 0.2) is 0 Å². The van der Waals surface area contributed by atoms with Crippen LogP contribution in [0.2, 0.25) is 0 Å². The van der Waals surface area contributed by atoms with E-state index < -0.39 is 6.09 Å². The van der Waals surface area contributed by atoms with E-state index in [9.17, 15) is 9.90 Å². The number of carbonyl (C=O) groups is 1. The molecule has 0 fully saturated rings. The van der Waals surface area contributed by atoms with Crippen molar-refractivity contribution in [3.63, 3.8) is 0 Å². The molecule has 0 spiro atoms. The summed E-state index contributed by atoms with van der Waals surface area (Å²) in [4.78, 5) is 11.9. The van der Waals surface area contributed by atoms with Gasteiger partial charge in [-0.2, -0.15) is 0 Å². The van der Waals surface area contributed by atoms with Crippen LogP contribution in [0.25, 0.3) is 0 Å². The number of rotatable bonds is 3. The van der Waals surface area contributed by atoms with Gasteiger partial charge in [0, 0.05) is 6.54 Å². The molecular formula is C10H12NO3-. The molecule has 14 heavy (non-hydrogen) atoms. The molecule has 0 saturated heterocycles. The molecule has 0 unspecified atom stereocenters. The van der Waals surface area contributed by atoms with Crippen LogP contribution in [0.1, 0.15) is 6.92 Å². The van der Waals surface area contributed by atoms with Crippen molar-refractivity contribution in [2.45, 2.75) is 6.92 Å². The Morgan fingerprint density at radius 2 is 2.14 bits per heavy atom. The van der Waals surface area contributed by atoms with Gasteiger partial charge in [0.05, 0.1) is 12.8 Å². The lowest BCUT2D eigenvalue weighted by atomic mass is 10.2. The van der Waals surface area contributed by atoms with Crippen molar-refractivity contribution in [2.24, 2.45) is 0 Å². The molecule has 0 aliphatic carbocycles. The second-order valence-corrected chi connectivity index (χ2v) is 2.68. The summed E-state index contributed by atoms with van der Waals surface area (Å²) in [5, 5.41) is 10.8. The van der Waals surface area contributed by atoms with E-state index in [4.69, 9.17) is 4.74 Å². The van der Waals surface area contributed by atoms with Crippen LogP contribution in [0.15, 0.2) is 24.3 Å². The van der Waals surface area contributed by atoms with Crippen molar-refractivity contribution in [1.29, 1.82) is 0 Å². The number of hydrogen-bond donors (Lipinski definition) is 0. The molecular weight excluding hydrogens is 182 g/mol. The van der Waals surface area contributed by atoms with E-state index in [1.54, 1.807) is 31.2 Å². The molecule has 0 atom stereocenters. The number of anilines is 1. The van der Waals surface area contributed by atoms with Crippen molar-refractivity contribution in [1.82, 2.24) is 0 Å². The van der Waals surface area contributed by atoms with Gasteiger partial charge < -0.3 is 19.5 Å². The Bertz CT molecular complexity index is 325. The number of carboxylic acid groups (broad SMARTS) is 1. The molecule has 0 bridgehead atoms. The lowest BCUT2D eigenvalue weighted by Crippen LogP contribution is -2.41. The number of methoxy groups -OCH3 is 1. The zero-order valence-corrected chi connectivity index (χ0v) is 8.19. The molecule has 0 aliphatic rings. The fourth-order valence-corrected chi connectivity index (χ4v) is 1.25. The SMILES string of the molecule is CCN(C(=O)[O-])c1ccccc1OC. The molecule has 0 radical (unpaired) electrons. The maximum Gasteiger partial charge on any atom is 0.142 e. The van der Waals surface area contributed by atoms with E-state index in [-0.39, 0.29) is 0 Å². The number of nitrogens with zero attached hydrogens (tertiary/aromatic N) is 1. The van der Waals surface area contributed by atoms with Crippen LogP contribution in [0.4, 0.5) is 10.5 Å². The number of amides is 1. The van der Waals surface area contributed by atoms with Crippen molar-refractivity contribution in [3.8, 4) is 5.75 Å². The highest BCUT2D eigenvalue weighted by Gasteiger charge is 2.09. The zero-order chi connectivity index (χ0) is 10.6. The molecule has 1 amide bonds. The Morgan fingerprint density at radius 1 is 1.50 bits per heavy atom. The second-order valence-electron chi connectivity index (χ2n) is 2.68. The quantitative estimate of drug-likeness (QED) is 0.717. The zero-order valence-electron chi connectivity index (χ0n) is 8.19. The summed E-state index contributed by atoms with van der Waals surface area (Å²) >= 11 is 0. The van der Waals surface area contributed by atoms with Gasteiger partial charge in [-0.25, -0.2) is 0 Å². The third-order valence-electron chi connectivity index (χ3n) is 1.91. The highest BCUT2D eigenvalue weighted by molar-refractivity contribution is 5.86. The van der Waals surface area contributed by atoms with Crippen LogP contribution in [0, 0.1) is 0 Å². The molecule has 0 N–H and O–H groups in total. The average Bonchev–Trinajstić information content (AvgIpc) is 2.19. The standard InChI is InChI=1S/C10H13NO3/c1-3-11(10(12)13)8-6-4-5-7-9(8)14-2/h4-7H,3H2,1-2H3,(H,12,13)/p-1. The maximum absolute atomic E-state index is 10.8. The Morgan fingerprint density at radius 3 is 2.64 bits per heavy atom. The summed E-state index contributed by atoms with van der Waals surface area (Å²) in [7, 11) is 1.50. The van der Waals surface area contributed by atoms with Gasteiger partial charge in [0.25, 0.3) is 0 Å². The first-order valence-electron chi connectivity index (χ1n) is 4.32. The van der Waals surface area contributed by atoms with Crippen molar-refractivity contribution in [2.75, 3.05) is 18.6 Å². The lowest BCUT2D eigenvalue weighted by Gasteiger charge is -2.24. The van der Waals surface area contributed by atoms with Crippen molar-refractivity contribution in [3.05, 3.63) is 24.3 Å². The maximum atomic E-state index is 10.8. The van der Waals surface area contributed by atoms with Crippen LogP contribution in [-0.4, -0.2) is 19.7 Å². The highest BCUT2D eigenvalue weighted by Crippen LogP contribution is 2.26. The molecule has 4 heteroatoms. The van der Waals surface area contributed by atoms with Crippen LogP contribution in [-0.2, 0) is 0 Å². The minimum absolute atomic E-state index is 0.336. The van der Waals surface area contributed by atoms with Crippen molar-refractivity contribution < 1.29 is 14.6 Å². The molecule has 0 aromatic heterocycles. The number of para-hydroxylation sites is 2. The average molecular weight is 194 g/mol. The van der Waals surface area contributed by atoms with Crippen molar-refractivity contribution >= 4 is 11.8 Å². The fourth-order valence-electron chi connectivity index (χ4n) is 1.25. The van der Waals surface area contributed by atoms with Gasteiger partial charge in [0.2, 0.25) is 0 Å². The fraction of sp³-hybridized carbons (Fsp3) is 0.300. The number of benzene rings is 1. The van der Waals surface area contributed by atoms with Crippen LogP contribution < -0.4 is 14.7 Å². The molecule has 0 heterocycles. The second kappa shape index (κ2) is 4.50.